The number of allylic oxidation sites excluding steroid dienone is 2. The SMILES string of the molecule is CC1C=CC(C(O)CC(=O)CCc2ccc3c(c2)OC2C(C#CC(O)c4ccc5c(c4CC4=CN=C6CN2C=C46)C=CNC5N)C2(C#CO3)CCCC2)C(O)C1. The van der Waals surface area contributed by atoms with Crippen LogP contribution in [-0.2, 0) is 17.6 Å². The number of aliphatic imine (C=N–C) groups is 1. The number of aryl methyl sites for hydroxylation is 1. The van der Waals surface area contributed by atoms with Crippen LogP contribution in [0.3, 0.4) is 0 Å². The third kappa shape index (κ3) is 6.75. The van der Waals surface area contributed by atoms with Gasteiger partial charge in [-0.05, 0) is 89.4 Å². The summed E-state index contributed by atoms with van der Waals surface area (Å²) in [5.41, 5.74) is 13.5. The number of carbonyl (C=O) groups is 1. The summed E-state index contributed by atoms with van der Waals surface area (Å²) in [7, 11) is 0. The summed E-state index contributed by atoms with van der Waals surface area (Å²) in [5.74, 6) is 10.6. The fourth-order valence-corrected chi connectivity index (χ4v) is 9.56. The van der Waals surface area contributed by atoms with Crippen molar-refractivity contribution in [2.45, 2.75) is 95.4 Å². The smallest absolute Gasteiger partial charge is 0.187 e. The van der Waals surface area contributed by atoms with E-state index in [2.05, 4.69) is 40.3 Å². The van der Waals surface area contributed by atoms with Crippen molar-refractivity contribution in [1.29, 1.82) is 0 Å². The molecule has 56 heavy (non-hydrogen) atoms. The van der Waals surface area contributed by atoms with Crippen LogP contribution in [0.4, 0.5) is 0 Å². The molecule has 0 aromatic heterocycles. The van der Waals surface area contributed by atoms with E-state index >= 15 is 0 Å². The third-order valence-corrected chi connectivity index (χ3v) is 12.7. The van der Waals surface area contributed by atoms with Gasteiger partial charge < -0.3 is 40.7 Å². The van der Waals surface area contributed by atoms with Crippen molar-refractivity contribution in [3.05, 3.63) is 100 Å². The molecule has 0 saturated heterocycles. The molecule has 9 rings (SSSR count). The van der Waals surface area contributed by atoms with Crippen molar-refractivity contribution < 1.29 is 29.6 Å². The van der Waals surface area contributed by atoms with Gasteiger partial charge in [0.1, 0.15) is 24.2 Å². The molecule has 0 amide bonds. The van der Waals surface area contributed by atoms with Gasteiger partial charge in [-0.15, -0.1) is 0 Å². The van der Waals surface area contributed by atoms with Gasteiger partial charge in [0.05, 0.1) is 35.8 Å². The number of aliphatic hydroxyl groups excluding tert-OH is 3. The lowest BCUT2D eigenvalue weighted by atomic mass is 9.73. The lowest BCUT2D eigenvalue weighted by Gasteiger charge is -2.39. The molecule has 5 aliphatic heterocycles. The molecule has 288 valence electrons. The maximum absolute atomic E-state index is 13.1. The highest BCUT2D eigenvalue weighted by Crippen LogP contribution is 2.49. The number of nitrogens with two attached hydrogens (primary N) is 1. The number of nitrogens with one attached hydrogen (secondary N) is 1. The second kappa shape index (κ2) is 14.8. The second-order valence-corrected chi connectivity index (χ2v) is 16.4. The number of hydrogen-bond acceptors (Lipinski definition) is 10. The summed E-state index contributed by atoms with van der Waals surface area (Å²) in [6.07, 6.45) is 16.6. The van der Waals surface area contributed by atoms with Crippen LogP contribution in [-0.4, -0.2) is 56.7 Å². The van der Waals surface area contributed by atoms with Gasteiger partial charge in [0, 0.05) is 43.2 Å². The van der Waals surface area contributed by atoms with E-state index in [1.165, 1.54) is 0 Å². The fourth-order valence-electron chi connectivity index (χ4n) is 9.56. The lowest BCUT2D eigenvalue weighted by molar-refractivity contribution is -0.122. The van der Waals surface area contributed by atoms with Crippen molar-refractivity contribution in [3.63, 3.8) is 0 Å². The minimum absolute atomic E-state index is 0.0186. The highest BCUT2D eigenvalue weighted by molar-refractivity contribution is 6.09. The molecule has 6 N–H and O–H groups in total. The van der Waals surface area contributed by atoms with E-state index in [0.29, 0.717) is 37.3 Å². The van der Waals surface area contributed by atoms with Crippen LogP contribution < -0.4 is 20.5 Å². The number of fused-ring (bicyclic) bond motifs is 8. The maximum Gasteiger partial charge on any atom is 0.187 e. The van der Waals surface area contributed by atoms with E-state index in [1.54, 1.807) is 0 Å². The molecular weight excluding hydrogens is 705 g/mol. The average Bonchev–Trinajstić information content (AvgIpc) is 3.92. The number of aliphatic hydroxyl groups is 3. The first-order valence-electron chi connectivity index (χ1n) is 20.0. The van der Waals surface area contributed by atoms with Gasteiger partial charge in [-0.25, -0.2) is 0 Å². The van der Waals surface area contributed by atoms with Crippen molar-refractivity contribution in [1.82, 2.24) is 10.2 Å². The minimum Gasteiger partial charge on any atom is -0.465 e. The number of ether oxygens (including phenoxy) is 2. The summed E-state index contributed by atoms with van der Waals surface area (Å²) in [4.78, 5) is 20.2. The summed E-state index contributed by atoms with van der Waals surface area (Å²) in [6, 6.07) is 9.60. The molecule has 1 fully saturated rings. The van der Waals surface area contributed by atoms with Crippen LogP contribution >= 0.6 is 0 Å². The molecule has 10 heteroatoms. The second-order valence-electron chi connectivity index (χ2n) is 16.4. The number of Topliss-reactive ketones (excluding diaryl/α,β-unsaturated/α-hetero) is 1. The van der Waals surface area contributed by atoms with E-state index in [4.69, 9.17) is 20.2 Å². The normalized spacial score (nSPS) is 29.4. The zero-order chi connectivity index (χ0) is 38.6. The van der Waals surface area contributed by atoms with E-state index in [1.807, 2.05) is 67.9 Å². The molecule has 2 aromatic rings. The quantitative estimate of drug-likeness (QED) is 0.201. The van der Waals surface area contributed by atoms with Gasteiger partial charge in [0.2, 0.25) is 0 Å². The lowest BCUT2D eigenvalue weighted by Crippen LogP contribution is -2.47. The Morgan fingerprint density at radius 3 is 2.80 bits per heavy atom. The third-order valence-electron chi connectivity index (χ3n) is 12.7. The van der Waals surface area contributed by atoms with Crippen LogP contribution in [0.5, 0.6) is 11.5 Å². The topological polar surface area (TPSA) is 150 Å². The van der Waals surface area contributed by atoms with Crippen LogP contribution in [0.1, 0.15) is 92.0 Å². The molecular formula is C46H48N4O6. The first kappa shape index (κ1) is 36.5. The molecule has 5 heterocycles. The number of nitrogens with zero attached hydrogens (tertiary/aromatic N) is 2. The number of benzene rings is 2. The standard InChI is InChI=1S/C46H48N4O6/c1-27-4-8-34(40(53)20-27)41(54)23-30(51)7-5-28-6-13-42-43(21-28)56-45-37(46(17-19-55-42)15-2-3-16-46)11-12-39(52)32-9-10-33-31(14-18-48-44(33)47)35(32)22-29-24-49-38-26-50(45)25-36(29)38/h4,6,8-10,13-14,18,21,24-25,27,34,37,39-41,44-45,48,52-54H,2-3,5,7,15-16,20,22-23,26,47H2,1H3. The molecule has 7 aliphatic rings. The van der Waals surface area contributed by atoms with Crippen molar-refractivity contribution in [3.8, 4) is 35.4 Å². The Morgan fingerprint density at radius 2 is 1.96 bits per heavy atom. The molecule has 8 atom stereocenters. The maximum atomic E-state index is 13.1. The Hall–Kier alpha value is -5.10. The molecule has 2 aliphatic carbocycles. The van der Waals surface area contributed by atoms with Gasteiger partial charge in [-0.2, -0.15) is 0 Å². The first-order chi connectivity index (χ1) is 27.2. The summed E-state index contributed by atoms with van der Waals surface area (Å²) in [5, 5.41) is 36.4. The number of rotatable bonds is 6. The molecule has 10 nitrogen and oxygen atoms in total. The zero-order valence-electron chi connectivity index (χ0n) is 31.6. The Bertz CT molecular complexity index is 2230. The van der Waals surface area contributed by atoms with Crippen LogP contribution in [0, 0.1) is 47.0 Å². The monoisotopic (exact) mass is 752 g/mol. The predicted molar refractivity (Wildman–Crippen MR) is 212 cm³/mol. The largest absolute Gasteiger partial charge is 0.465 e. The molecule has 8 unspecified atom stereocenters. The number of ketones is 1. The van der Waals surface area contributed by atoms with Crippen LogP contribution in [0.2, 0.25) is 0 Å². The van der Waals surface area contributed by atoms with Crippen molar-refractivity contribution >= 4 is 17.6 Å². The Kier molecular flexibility index (Phi) is 9.63. The molecule has 1 spiro atoms. The Morgan fingerprint density at radius 1 is 1.12 bits per heavy atom. The van der Waals surface area contributed by atoms with Gasteiger partial charge in [-0.1, -0.05) is 67.9 Å². The number of hydrogen-bond donors (Lipinski definition) is 5. The average molecular weight is 753 g/mol. The Labute approximate surface area is 327 Å². The van der Waals surface area contributed by atoms with E-state index < -0.39 is 41.8 Å². The van der Waals surface area contributed by atoms with Gasteiger partial charge >= 0.3 is 0 Å². The number of carbonyl (C=O) groups excluding carboxylic acids is 1. The van der Waals surface area contributed by atoms with E-state index in [-0.39, 0.29) is 30.7 Å². The van der Waals surface area contributed by atoms with Crippen LogP contribution in [0.15, 0.2) is 77.2 Å². The van der Waals surface area contributed by atoms with Crippen molar-refractivity contribution in [2.75, 3.05) is 6.54 Å². The predicted octanol–water partition coefficient (Wildman–Crippen LogP) is 5.11. The summed E-state index contributed by atoms with van der Waals surface area (Å²) in [6.45, 7) is 2.55. The highest BCUT2D eigenvalue weighted by Gasteiger charge is 2.48. The molecule has 1 saturated carbocycles. The molecule has 2 bridgehead atoms. The van der Waals surface area contributed by atoms with Gasteiger partial charge in [0.25, 0.3) is 0 Å². The first-order valence-corrected chi connectivity index (χ1v) is 20.0. The van der Waals surface area contributed by atoms with E-state index in [9.17, 15) is 20.1 Å². The Balaban J connectivity index is 1.05. The minimum atomic E-state index is -1.06. The van der Waals surface area contributed by atoms with Gasteiger partial charge in [0.15, 0.2) is 17.7 Å². The highest BCUT2D eigenvalue weighted by atomic mass is 16.5. The molecule has 0 radical (unpaired) electrons. The zero-order valence-corrected chi connectivity index (χ0v) is 31.6. The van der Waals surface area contributed by atoms with Gasteiger partial charge in [-0.3, -0.25) is 9.79 Å². The van der Waals surface area contributed by atoms with E-state index in [0.717, 1.165) is 70.4 Å². The summed E-state index contributed by atoms with van der Waals surface area (Å²) < 4.78 is 13.2. The van der Waals surface area contributed by atoms with Crippen LogP contribution in [0.25, 0.3) is 6.08 Å². The van der Waals surface area contributed by atoms with Crippen molar-refractivity contribution in [2.24, 2.45) is 33.9 Å². The molecule has 2 aromatic carbocycles. The summed E-state index contributed by atoms with van der Waals surface area (Å²) >= 11 is 0. The fraction of sp³-hybridized carbons (Fsp3) is 0.435.